The Hall–Kier alpha value is -4.70. The Morgan fingerprint density at radius 3 is 2.56 bits per heavy atom. The molecule has 5 aromatic rings. The molecule has 0 saturated carbocycles. The number of rotatable bonds is 8. The lowest BCUT2D eigenvalue weighted by atomic mass is 10.1. The van der Waals surface area contributed by atoms with Crippen molar-refractivity contribution in [3.63, 3.8) is 0 Å². The highest BCUT2D eigenvalue weighted by Gasteiger charge is 2.19. The fourth-order valence-electron chi connectivity index (χ4n) is 4.28. The molecule has 0 aliphatic rings. The van der Waals surface area contributed by atoms with E-state index in [0.29, 0.717) is 23.5 Å². The van der Waals surface area contributed by atoms with Gasteiger partial charge in [0, 0.05) is 35.0 Å². The summed E-state index contributed by atoms with van der Waals surface area (Å²) in [6.07, 6.45) is -1.41. The molecular formula is C29H28N6O3S. The largest absolute Gasteiger partial charge is 0.426 e. The van der Waals surface area contributed by atoms with Crippen LogP contribution in [-0.4, -0.2) is 32.8 Å². The summed E-state index contributed by atoms with van der Waals surface area (Å²) >= 11 is 1.61. The van der Waals surface area contributed by atoms with Crippen LogP contribution in [0.5, 0.6) is 0 Å². The number of alkyl carbamates (subject to hydrolysis) is 1. The monoisotopic (exact) mass is 540 g/mol. The summed E-state index contributed by atoms with van der Waals surface area (Å²) in [4.78, 5) is 33.3. The summed E-state index contributed by atoms with van der Waals surface area (Å²) in [5.74, 6) is 0.865. The normalized spacial score (nSPS) is 11.8. The molecule has 3 heterocycles. The molecule has 198 valence electrons. The molecular weight excluding hydrogens is 512 g/mol. The number of ether oxygens (including phenoxy) is 1. The SMILES string of the molecule is C=C(C)C(=O)NC(C)OC(=O)NCc1ccc(Cn2c(-c3ccsc3)nc3c(N)nc4ccccc4c32)cc1. The van der Waals surface area contributed by atoms with E-state index in [0.717, 1.165) is 38.9 Å². The molecule has 0 saturated heterocycles. The second kappa shape index (κ2) is 11.0. The average molecular weight is 541 g/mol. The Morgan fingerprint density at radius 1 is 1.10 bits per heavy atom. The van der Waals surface area contributed by atoms with E-state index in [1.54, 1.807) is 25.2 Å². The molecule has 5 rings (SSSR count). The fourth-order valence-corrected chi connectivity index (χ4v) is 4.92. The molecule has 9 nitrogen and oxygen atoms in total. The van der Waals surface area contributed by atoms with Crippen molar-refractivity contribution in [3.8, 4) is 11.4 Å². The van der Waals surface area contributed by atoms with Crippen molar-refractivity contribution in [3.05, 3.63) is 88.6 Å². The van der Waals surface area contributed by atoms with E-state index in [2.05, 4.69) is 32.1 Å². The molecule has 4 N–H and O–H groups in total. The Balaban J connectivity index is 1.35. The molecule has 3 aromatic heterocycles. The van der Waals surface area contributed by atoms with Crippen LogP contribution >= 0.6 is 11.3 Å². The van der Waals surface area contributed by atoms with E-state index >= 15 is 0 Å². The number of nitrogen functional groups attached to an aromatic ring is 1. The standard InChI is InChI=1S/C29H28N6O3S/c1-17(2)28(36)32-18(3)38-29(37)31-14-19-8-10-20(11-9-19)15-35-25-22-6-4-5-7-23(22)33-26(30)24(25)34-27(35)21-12-13-39-16-21/h4-13,16,18H,1,14-15H2,2-3H3,(H2,30,33)(H,31,37)(H,32,36). The molecule has 0 radical (unpaired) electrons. The minimum absolute atomic E-state index is 0.279. The van der Waals surface area contributed by atoms with Crippen LogP contribution in [0.4, 0.5) is 10.6 Å². The summed E-state index contributed by atoms with van der Waals surface area (Å²) in [5, 5.41) is 10.3. The van der Waals surface area contributed by atoms with E-state index in [9.17, 15) is 9.59 Å². The van der Waals surface area contributed by atoms with Crippen molar-refractivity contribution in [2.75, 3.05) is 5.73 Å². The van der Waals surface area contributed by atoms with Crippen LogP contribution in [0.25, 0.3) is 33.3 Å². The lowest BCUT2D eigenvalue weighted by Crippen LogP contribution is -2.39. The topological polar surface area (TPSA) is 124 Å². The van der Waals surface area contributed by atoms with Crippen molar-refractivity contribution < 1.29 is 14.3 Å². The zero-order valence-electron chi connectivity index (χ0n) is 21.6. The first kappa shape index (κ1) is 25.9. The highest BCUT2D eigenvalue weighted by Crippen LogP contribution is 2.33. The number of benzene rings is 2. The van der Waals surface area contributed by atoms with Gasteiger partial charge in [0.05, 0.1) is 11.0 Å². The van der Waals surface area contributed by atoms with Gasteiger partial charge in [-0.15, -0.1) is 0 Å². The number of nitrogens with two attached hydrogens (primary N) is 1. The van der Waals surface area contributed by atoms with Gasteiger partial charge >= 0.3 is 6.09 Å². The van der Waals surface area contributed by atoms with E-state index in [1.807, 2.05) is 60.0 Å². The number of hydrogen-bond donors (Lipinski definition) is 3. The van der Waals surface area contributed by atoms with Gasteiger partial charge in [0.15, 0.2) is 12.0 Å². The van der Waals surface area contributed by atoms with Gasteiger partial charge in [0.25, 0.3) is 0 Å². The van der Waals surface area contributed by atoms with Crippen LogP contribution in [0.15, 0.2) is 77.5 Å². The fraction of sp³-hybridized carbons (Fsp3) is 0.172. The van der Waals surface area contributed by atoms with Crippen LogP contribution in [0.2, 0.25) is 0 Å². The van der Waals surface area contributed by atoms with Crippen molar-refractivity contribution in [2.24, 2.45) is 0 Å². The number of thiophene rings is 1. The molecule has 1 unspecified atom stereocenters. The number of amides is 2. The molecule has 39 heavy (non-hydrogen) atoms. The van der Waals surface area contributed by atoms with Gasteiger partial charge in [0.1, 0.15) is 11.3 Å². The molecule has 2 aromatic carbocycles. The third-order valence-electron chi connectivity index (χ3n) is 6.20. The van der Waals surface area contributed by atoms with E-state index in [-0.39, 0.29) is 12.5 Å². The zero-order chi connectivity index (χ0) is 27.5. The molecule has 0 aliphatic carbocycles. The second-order valence-electron chi connectivity index (χ2n) is 9.22. The minimum atomic E-state index is -0.778. The number of fused-ring (bicyclic) bond motifs is 3. The number of nitrogens with one attached hydrogen (secondary N) is 2. The van der Waals surface area contributed by atoms with Crippen LogP contribution < -0.4 is 16.4 Å². The first-order chi connectivity index (χ1) is 18.8. The van der Waals surface area contributed by atoms with Crippen molar-refractivity contribution in [1.29, 1.82) is 0 Å². The van der Waals surface area contributed by atoms with Gasteiger partial charge in [0.2, 0.25) is 5.91 Å². The summed E-state index contributed by atoms with van der Waals surface area (Å²) < 4.78 is 7.36. The van der Waals surface area contributed by atoms with Gasteiger partial charge in [-0.3, -0.25) is 4.79 Å². The first-order valence-electron chi connectivity index (χ1n) is 12.4. The maximum absolute atomic E-state index is 12.1. The molecule has 10 heteroatoms. The van der Waals surface area contributed by atoms with Gasteiger partial charge in [-0.25, -0.2) is 14.8 Å². The van der Waals surface area contributed by atoms with Gasteiger partial charge in [-0.2, -0.15) is 11.3 Å². The Morgan fingerprint density at radius 2 is 1.85 bits per heavy atom. The zero-order valence-corrected chi connectivity index (χ0v) is 22.4. The molecule has 1 atom stereocenters. The number of anilines is 1. The van der Waals surface area contributed by atoms with Crippen LogP contribution in [0.3, 0.4) is 0 Å². The number of aromatic nitrogens is 3. The lowest BCUT2D eigenvalue weighted by Gasteiger charge is -2.15. The van der Waals surface area contributed by atoms with Gasteiger partial charge < -0.3 is 25.7 Å². The van der Waals surface area contributed by atoms with Crippen LogP contribution in [0.1, 0.15) is 25.0 Å². The number of carbonyl (C=O) groups is 2. The maximum atomic E-state index is 12.1. The number of pyridine rings is 1. The smallest absolute Gasteiger partial charge is 0.409 e. The minimum Gasteiger partial charge on any atom is -0.426 e. The Labute approximate surface area is 229 Å². The number of hydrogen-bond acceptors (Lipinski definition) is 7. The van der Waals surface area contributed by atoms with E-state index in [1.165, 1.54) is 0 Å². The van der Waals surface area contributed by atoms with Crippen molar-refractivity contribution >= 4 is 51.1 Å². The van der Waals surface area contributed by atoms with E-state index in [4.69, 9.17) is 15.5 Å². The van der Waals surface area contributed by atoms with Gasteiger partial charge in [-0.05, 0) is 42.5 Å². The molecule has 0 fully saturated rings. The number of imidazole rings is 1. The highest BCUT2D eigenvalue weighted by atomic mass is 32.1. The molecule has 2 amide bonds. The van der Waals surface area contributed by atoms with Crippen LogP contribution in [-0.2, 0) is 22.6 Å². The highest BCUT2D eigenvalue weighted by molar-refractivity contribution is 7.08. The van der Waals surface area contributed by atoms with Crippen molar-refractivity contribution in [2.45, 2.75) is 33.2 Å². The summed E-state index contributed by atoms with van der Waals surface area (Å²) in [6.45, 7) is 7.57. The van der Waals surface area contributed by atoms with Crippen LogP contribution in [0, 0.1) is 0 Å². The second-order valence-corrected chi connectivity index (χ2v) is 10.00. The Bertz CT molecular complexity index is 1680. The summed E-state index contributed by atoms with van der Waals surface area (Å²) in [7, 11) is 0. The predicted molar refractivity (Wildman–Crippen MR) is 154 cm³/mol. The first-order valence-corrected chi connectivity index (χ1v) is 13.3. The molecule has 0 bridgehead atoms. The number of nitrogens with zero attached hydrogens (tertiary/aromatic N) is 3. The van der Waals surface area contributed by atoms with E-state index < -0.39 is 12.3 Å². The summed E-state index contributed by atoms with van der Waals surface area (Å²) in [5.41, 5.74) is 12.1. The van der Waals surface area contributed by atoms with Crippen molar-refractivity contribution in [1.82, 2.24) is 25.2 Å². The maximum Gasteiger partial charge on any atom is 0.409 e. The third kappa shape index (κ3) is 5.60. The lowest BCUT2D eigenvalue weighted by molar-refractivity contribution is -0.120. The quantitative estimate of drug-likeness (QED) is 0.183. The number of para-hydroxylation sites is 1. The predicted octanol–water partition coefficient (Wildman–Crippen LogP) is 5.21. The Kier molecular flexibility index (Phi) is 7.29. The van der Waals surface area contributed by atoms with Gasteiger partial charge in [-0.1, -0.05) is 49.0 Å². The average Bonchev–Trinajstić information content (AvgIpc) is 3.57. The molecule has 0 aliphatic heterocycles. The summed E-state index contributed by atoms with van der Waals surface area (Å²) in [6, 6.07) is 17.9. The third-order valence-corrected chi connectivity index (χ3v) is 6.88. The number of carbonyl (C=O) groups excluding carboxylic acids is 2. The molecule has 0 spiro atoms.